The Kier molecular flexibility index (Phi) is 1.49. The third kappa shape index (κ3) is 1.03. The summed E-state index contributed by atoms with van der Waals surface area (Å²) in [6, 6.07) is -0.129. The molecule has 2 amide bonds. The van der Waals surface area contributed by atoms with E-state index in [0.29, 0.717) is 5.70 Å². The number of urea groups is 1. The minimum Gasteiger partial charge on any atom is -0.308 e. The molecule has 10 heavy (non-hydrogen) atoms. The summed E-state index contributed by atoms with van der Waals surface area (Å²) in [7, 11) is 1.70. The predicted octanol–water partition coefficient (Wildman–Crippen LogP) is 1.06. The summed E-state index contributed by atoms with van der Waals surface area (Å²) in [6.45, 7) is 5.55. The van der Waals surface area contributed by atoms with Gasteiger partial charge in [0.15, 0.2) is 0 Å². The van der Waals surface area contributed by atoms with Gasteiger partial charge in [0.1, 0.15) is 0 Å². The van der Waals surface area contributed by atoms with Crippen molar-refractivity contribution >= 4 is 6.03 Å². The normalized spacial score (nSPS) is 18.6. The Morgan fingerprint density at radius 2 is 2.30 bits per heavy atom. The minimum atomic E-state index is -0.129. The average molecular weight is 138 g/mol. The third-order valence-corrected chi connectivity index (χ3v) is 1.44. The van der Waals surface area contributed by atoms with Crippen LogP contribution in [0.15, 0.2) is 24.0 Å². The van der Waals surface area contributed by atoms with E-state index in [2.05, 4.69) is 11.9 Å². The molecule has 0 unspecified atom stereocenters. The SMILES string of the molecule is C=C1NC(=O)N(C)C=C1C. The van der Waals surface area contributed by atoms with Crippen LogP contribution in [-0.4, -0.2) is 18.0 Å². The smallest absolute Gasteiger partial charge is 0.308 e. The Morgan fingerprint density at radius 3 is 2.80 bits per heavy atom. The van der Waals surface area contributed by atoms with Crippen molar-refractivity contribution in [2.75, 3.05) is 7.05 Å². The second-order valence-electron chi connectivity index (χ2n) is 2.33. The zero-order valence-corrected chi connectivity index (χ0v) is 6.14. The van der Waals surface area contributed by atoms with Crippen LogP contribution in [0.1, 0.15) is 6.92 Å². The lowest BCUT2D eigenvalue weighted by Gasteiger charge is -2.21. The minimum absolute atomic E-state index is 0.129. The molecule has 0 aliphatic carbocycles. The standard InChI is InChI=1S/C7H10N2O/c1-5-4-9(3)7(10)8-6(5)2/h4H,2H2,1,3H3,(H,8,10). The predicted molar refractivity (Wildman–Crippen MR) is 39.2 cm³/mol. The third-order valence-electron chi connectivity index (χ3n) is 1.44. The van der Waals surface area contributed by atoms with E-state index in [1.54, 1.807) is 13.2 Å². The van der Waals surface area contributed by atoms with Crippen molar-refractivity contribution in [3.63, 3.8) is 0 Å². The molecule has 3 heteroatoms. The molecule has 0 fully saturated rings. The monoisotopic (exact) mass is 138 g/mol. The van der Waals surface area contributed by atoms with Crippen molar-refractivity contribution in [3.8, 4) is 0 Å². The molecule has 3 nitrogen and oxygen atoms in total. The first-order valence-electron chi connectivity index (χ1n) is 3.03. The van der Waals surface area contributed by atoms with E-state index in [9.17, 15) is 4.79 Å². The molecule has 0 aromatic carbocycles. The van der Waals surface area contributed by atoms with Gasteiger partial charge < -0.3 is 10.2 Å². The van der Waals surface area contributed by atoms with E-state index < -0.39 is 0 Å². The molecule has 0 aromatic rings. The fraction of sp³-hybridized carbons (Fsp3) is 0.286. The number of rotatable bonds is 0. The lowest BCUT2D eigenvalue weighted by atomic mass is 10.2. The fourth-order valence-corrected chi connectivity index (χ4v) is 0.743. The van der Waals surface area contributed by atoms with Gasteiger partial charge in [-0.2, -0.15) is 0 Å². The van der Waals surface area contributed by atoms with Crippen LogP contribution in [0.3, 0.4) is 0 Å². The van der Waals surface area contributed by atoms with Gasteiger partial charge in [-0.15, -0.1) is 0 Å². The summed E-state index contributed by atoms with van der Waals surface area (Å²) in [5, 5.41) is 2.60. The van der Waals surface area contributed by atoms with Crippen molar-refractivity contribution in [3.05, 3.63) is 24.0 Å². The number of carbonyl (C=O) groups is 1. The topological polar surface area (TPSA) is 32.3 Å². The largest absolute Gasteiger partial charge is 0.325 e. The maximum atomic E-state index is 10.9. The van der Waals surface area contributed by atoms with Crippen molar-refractivity contribution in [1.82, 2.24) is 10.2 Å². The number of nitrogens with one attached hydrogen (secondary N) is 1. The summed E-state index contributed by atoms with van der Waals surface area (Å²) in [5.41, 5.74) is 1.67. The first-order chi connectivity index (χ1) is 4.61. The molecular formula is C7H10N2O. The van der Waals surface area contributed by atoms with Gasteiger partial charge in [-0.3, -0.25) is 0 Å². The Bertz CT molecular complexity index is 218. The fourth-order valence-electron chi connectivity index (χ4n) is 0.743. The summed E-state index contributed by atoms with van der Waals surface area (Å²) in [4.78, 5) is 12.3. The number of allylic oxidation sites excluding steroid dienone is 1. The molecule has 0 bridgehead atoms. The van der Waals surface area contributed by atoms with Crippen LogP contribution in [0.25, 0.3) is 0 Å². The van der Waals surface area contributed by atoms with Crippen LogP contribution in [0, 0.1) is 0 Å². The lowest BCUT2D eigenvalue weighted by Crippen LogP contribution is -2.37. The maximum Gasteiger partial charge on any atom is 0.325 e. The van der Waals surface area contributed by atoms with Crippen LogP contribution < -0.4 is 5.32 Å². The van der Waals surface area contributed by atoms with E-state index >= 15 is 0 Å². The van der Waals surface area contributed by atoms with Gasteiger partial charge in [-0.1, -0.05) is 6.58 Å². The first kappa shape index (κ1) is 6.86. The van der Waals surface area contributed by atoms with Crippen LogP contribution in [-0.2, 0) is 0 Å². The van der Waals surface area contributed by atoms with Crippen LogP contribution in [0.2, 0.25) is 0 Å². The van der Waals surface area contributed by atoms with E-state index in [-0.39, 0.29) is 6.03 Å². The zero-order chi connectivity index (χ0) is 7.72. The molecule has 0 atom stereocenters. The van der Waals surface area contributed by atoms with Crippen molar-refractivity contribution < 1.29 is 4.79 Å². The molecule has 1 aliphatic heterocycles. The average Bonchev–Trinajstić information content (AvgIpc) is 1.84. The summed E-state index contributed by atoms with van der Waals surface area (Å²) < 4.78 is 0. The molecule has 54 valence electrons. The summed E-state index contributed by atoms with van der Waals surface area (Å²) in [6.07, 6.45) is 1.75. The molecule has 1 rings (SSSR count). The second kappa shape index (κ2) is 2.17. The van der Waals surface area contributed by atoms with Gasteiger partial charge in [0.25, 0.3) is 0 Å². The van der Waals surface area contributed by atoms with Crippen LogP contribution >= 0.6 is 0 Å². The molecule has 0 saturated carbocycles. The van der Waals surface area contributed by atoms with Gasteiger partial charge in [0.05, 0.1) is 0 Å². The van der Waals surface area contributed by atoms with Crippen molar-refractivity contribution in [2.45, 2.75) is 6.92 Å². The van der Waals surface area contributed by atoms with Gasteiger partial charge >= 0.3 is 6.03 Å². The molecule has 0 aromatic heterocycles. The van der Waals surface area contributed by atoms with E-state index in [1.165, 1.54) is 4.90 Å². The molecule has 0 spiro atoms. The highest BCUT2D eigenvalue weighted by atomic mass is 16.2. The second-order valence-corrected chi connectivity index (χ2v) is 2.33. The van der Waals surface area contributed by atoms with Crippen LogP contribution in [0.5, 0.6) is 0 Å². The highest BCUT2D eigenvalue weighted by Crippen LogP contribution is 2.09. The van der Waals surface area contributed by atoms with Crippen LogP contribution in [0.4, 0.5) is 4.79 Å². The zero-order valence-electron chi connectivity index (χ0n) is 6.14. The first-order valence-corrected chi connectivity index (χ1v) is 3.03. The van der Waals surface area contributed by atoms with Crippen molar-refractivity contribution in [1.29, 1.82) is 0 Å². The maximum absolute atomic E-state index is 10.9. The molecular weight excluding hydrogens is 128 g/mol. The Balaban J connectivity index is 2.89. The highest BCUT2D eigenvalue weighted by molar-refractivity contribution is 5.79. The molecule has 0 saturated heterocycles. The van der Waals surface area contributed by atoms with Gasteiger partial charge in [-0.25, -0.2) is 4.79 Å². The summed E-state index contributed by atoms with van der Waals surface area (Å²) in [5.74, 6) is 0. The number of hydrogen-bond donors (Lipinski definition) is 1. The summed E-state index contributed by atoms with van der Waals surface area (Å²) >= 11 is 0. The highest BCUT2D eigenvalue weighted by Gasteiger charge is 2.13. The van der Waals surface area contributed by atoms with E-state index in [1.807, 2.05) is 6.92 Å². The Hall–Kier alpha value is -1.25. The molecule has 0 radical (unpaired) electrons. The lowest BCUT2D eigenvalue weighted by molar-refractivity contribution is 0.223. The van der Waals surface area contributed by atoms with E-state index in [4.69, 9.17) is 0 Å². The van der Waals surface area contributed by atoms with Crippen molar-refractivity contribution in [2.24, 2.45) is 0 Å². The Morgan fingerprint density at radius 1 is 1.70 bits per heavy atom. The van der Waals surface area contributed by atoms with Gasteiger partial charge in [-0.05, 0) is 12.5 Å². The van der Waals surface area contributed by atoms with E-state index in [0.717, 1.165) is 5.57 Å². The van der Waals surface area contributed by atoms with Gasteiger partial charge in [0, 0.05) is 18.9 Å². The van der Waals surface area contributed by atoms with Gasteiger partial charge in [0.2, 0.25) is 0 Å². The number of amides is 2. The number of hydrogen-bond acceptors (Lipinski definition) is 1. The molecule has 1 aliphatic rings. The Labute approximate surface area is 60.0 Å². The number of nitrogens with zero attached hydrogens (tertiary/aromatic N) is 1. The molecule has 1 N–H and O–H groups in total. The molecule has 1 heterocycles. The quantitative estimate of drug-likeness (QED) is 0.533. The number of carbonyl (C=O) groups excluding carboxylic acids is 1.